The summed E-state index contributed by atoms with van der Waals surface area (Å²) < 4.78 is 0. The first kappa shape index (κ1) is 12.1. The van der Waals surface area contributed by atoms with Crippen molar-refractivity contribution < 1.29 is 5.11 Å². The van der Waals surface area contributed by atoms with E-state index in [2.05, 4.69) is 25.8 Å². The van der Waals surface area contributed by atoms with Crippen LogP contribution in [0.4, 0.5) is 0 Å². The lowest BCUT2D eigenvalue weighted by molar-refractivity contribution is 0.158. The van der Waals surface area contributed by atoms with E-state index in [1.165, 1.54) is 12.8 Å². The average Bonchev–Trinajstić information content (AvgIpc) is 2.86. The lowest BCUT2D eigenvalue weighted by Gasteiger charge is -2.14. The van der Waals surface area contributed by atoms with Crippen LogP contribution in [0.2, 0.25) is 0 Å². The molecule has 0 radical (unpaired) electrons. The third-order valence-electron chi connectivity index (χ3n) is 3.05. The van der Waals surface area contributed by atoms with Crippen molar-refractivity contribution in [3.05, 3.63) is 16.1 Å². The molecule has 16 heavy (non-hydrogen) atoms. The second-order valence-electron chi connectivity index (χ2n) is 5.86. The fourth-order valence-corrected chi connectivity index (χ4v) is 2.69. The van der Waals surface area contributed by atoms with Gasteiger partial charge in [0.1, 0.15) is 0 Å². The van der Waals surface area contributed by atoms with E-state index in [1.807, 2.05) is 5.38 Å². The summed E-state index contributed by atoms with van der Waals surface area (Å²) in [6.45, 7) is 6.48. The van der Waals surface area contributed by atoms with E-state index in [4.69, 9.17) is 0 Å². The summed E-state index contributed by atoms with van der Waals surface area (Å²) in [5, 5.41) is 13.2. The molecule has 1 aromatic heterocycles. The predicted octanol–water partition coefficient (Wildman–Crippen LogP) is 3.66. The fourth-order valence-electron chi connectivity index (χ4n) is 1.73. The molecule has 1 fully saturated rings. The molecule has 1 atom stereocenters. The van der Waals surface area contributed by atoms with Gasteiger partial charge in [-0.15, -0.1) is 11.3 Å². The van der Waals surface area contributed by atoms with E-state index in [0.717, 1.165) is 29.5 Å². The zero-order valence-corrected chi connectivity index (χ0v) is 11.2. The number of thiazole rings is 1. The van der Waals surface area contributed by atoms with Crippen LogP contribution in [0.5, 0.6) is 0 Å². The van der Waals surface area contributed by atoms with Crippen molar-refractivity contribution in [1.82, 2.24) is 4.98 Å². The predicted molar refractivity (Wildman–Crippen MR) is 67.7 cm³/mol. The molecule has 1 aromatic rings. The topological polar surface area (TPSA) is 33.1 Å². The van der Waals surface area contributed by atoms with Crippen LogP contribution in [-0.2, 0) is 5.41 Å². The van der Waals surface area contributed by atoms with E-state index >= 15 is 0 Å². The molecule has 0 aromatic carbocycles. The first-order chi connectivity index (χ1) is 7.47. The molecule has 0 amide bonds. The van der Waals surface area contributed by atoms with Gasteiger partial charge in [0.05, 0.1) is 16.8 Å². The SMILES string of the molecule is CC(C)(C)c1nc(C(O)CCC2CC2)cs1. The molecular weight excluding hydrogens is 218 g/mol. The molecule has 0 saturated heterocycles. The molecule has 1 heterocycles. The summed E-state index contributed by atoms with van der Waals surface area (Å²) in [6.07, 6.45) is 4.39. The smallest absolute Gasteiger partial charge is 0.0983 e. The standard InChI is InChI=1S/C13H21NOS/c1-13(2,3)12-14-10(8-16-12)11(15)7-6-9-4-5-9/h8-9,11,15H,4-7H2,1-3H3. The summed E-state index contributed by atoms with van der Waals surface area (Å²) in [7, 11) is 0. The normalized spacial score (nSPS) is 18.8. The Morgan fingerprint density at radius 1 is 1.50 bits per heavy atom. The van der Waals surface area contributed by atoms with Gasteiger partial charge in [0, 0.05) is 10.8 Å². The number of hydrogen-bond donors (Lipinski definition) is 1. The van der Waals surface area contributed by atoms with Gasteiger partial charge in [0.15, 0.2) is 0 Å². The molecule has 2 nitrogen and oxygen atoms in total. The number of nitrogens with zero attached hydrogens (tertiary/aromatic N) is 1. The van der Waals surface area contributed by atoms with Crippen LogP contribution < -0.4 is 0 Å². The zero-order chi connectivity index (χ0) is 11.8. The highest BCUT2D eigenvalue weighted by Gasteiger charge is 2.24. The van der Waals surface area contributed by atoms with Crippen molar-refractivity contribution in [2.24, 2.45) is 5.92 Å². The van der Waals surface area contributed by atoms with E-state index in [0.29, 0.717) is 0 Å². The Labute approximate surface area is 102 Å². The van der Waals surface area contributed by atoms with Crippen molar-refractivity contribution in [1.29, 1.82) is 0 Å². The third kappa shape index (κ3) is 3.05. The van der Waals surface area contributed by atoms with Gasteiger partial charge < -0.3 is 5.11 Å². The molecule has 2 rings (SSSR count). The van der Waals surface area contributed by atoms with Crippen molar-refractivity contribution in [3.8, 4) is 0 Å². The first-order valence-corrected chi connectivity index (χ1v) is 6.99. The van der Waals surface area contributed by atoms with Gasteiger partial charge in [0.2, 0.25) is 0 Å². The molecule has 1 aliphatic carbocycles. The average molecular weight is 239 g/mol. The minimum absolute atomic E-state index is 0.0964. The molecular formula is C13H21NOS. The Balaban J connectivity index is 1.94. The van der Waals surface area contributed by atoms with Gasteiger partial charge in [-0.05, 0) is 18.8 Å². The van der Waals surface area contributed by atoms with E-state index in [9.17, 15) is 5.11 Å². The van der Waals surface area contributed by atoms with Gasteiger partial charge in [0.25, 0.3) is 0 Å². The van der Waals surface area contributed by atoms with Gasteiger partial charge in [-0.2, -0.15) is 0 Å². The molecule has 1 saturated carbocycles. The summed E-state index contributed by atoms with van der Waals surface area (Å²) in [4.78, 5) is 4.55. The third-order valence-corrected chi connectivity index (χ3v) is 4.34. The molecule has 1 unspecified atom stereocenters. The number of rotatable bonds is 4. The molecule has 0 spiro atoms. The van der Waals surface area contributed by atoms with E-state index < -0.39 is 0 Å². The Kier molecular flexibility index (Phi) is 3.36. The molecule has 90 valence electrons. The Morgan fingerprint density at radius 3 is 2.69 bits per heavy atom. The van der Waals surface area contributed by atoms with Crippen LogP contribution in [0.1, 0.15) is 63.3 Å². The van der Waals surface area contributed by atoms with E-state index in [-0.39, 0.29) is 11.5 Å². The Bertz CT molecular complexity index is 349. The molecule has 0 bridgehead atoms. The molecule has 3 heteroatoms. The molecule has 1 N–H and O–H groups in total. The van der Waals surface area contributed by atoms with Gasteiger partial charge in [-0.3, -0.25) is 0 Å². The molecule has 0 aliphatic heterocycles. The van der Waals surface area contributed by atoms with Crippen LogP contribution in [0.3, 0.4) is 0 Å². The maximum atomic E-state index is 10.0. The minimum Gasteiger partial charge on any atom is -0.387 e. The second-order valence-corrected chi connectivity index (χ2v) is 6.72. The van der Waals surface area contributed by atoms with Crippen molar-refractivity contribution in [2.45, 2.75) is 58.0 Å². The zero-order valence-electron chi connectivity index (χ0n) is 10.4. The van der Waals surface area contributed by atoms with Crippen molar-refractivity contribution in [3.63, 3.8) is 0 Å². The monoisotopic (exact) mass is 239 g/mol. The van der Waals surface area contributed by atoms with Crippen molar-refractivity contribution in [2.75, 3.05) is 0 Å². The summed E-state index contributed by atoms with van der Waals surface area (Å²) >= 11 is 1.66. The summed E-state index contributed by atoms with van der Waals surface area (Å²) in [5.41, 5.74) is 0.967. The largest absolute Gasteiger partial charge is 0.387 e. The second kappa shape index (κ2) is 4.46. The number of aliphatic hydroxyl groups excluding tert-OH is 1. The maximum absolute atomic E-state index is 10.0. The lowest BCUT2D eigenvalue weighted by Crippen LogP contribution is -2.11. The quantitative estimate of drug-likeness (QED) is 0.869. The Hall–Kier alpha value is -0.410. The van der Waals surface area contributed by atoms with Gasteiger partial charge in [-0.25, -0.2) is 4.98 Å². The minimum atomic E-state index is -0.354. The fraction of sp³-hybridized carbons (Fsp3) is 0.769. The number of aromatic nitrogens is 1. The van der Waals surface area contributed by atoms with Gasteiger partial charge in [-0.1, -0.05) is 33.6 Å². The highest BCUT2D eigenvalue weighted by Crippen LogP contribution is 2.36. The Morgan fingerprint density at radius 2 is 2.19 bits per heavy atom. The molecule has 1 aliphatic rings. The van der Waals surface area contributed by atoms with Crippen LogP contribution in [0, 0.1) is 5.92 Å². The lowest BCUT2D eigenvalue weighted by atomic mass is 9.98. The van der Waals surface area contributed by atoms with Crippen molar-refractivity contribution >= 4 is 11.3 Å². The van der Waals surface area contributed by atoms with Crippen LogP contribution in [0.15, 0.2) is 5.38 Å². The first-order valence-electron chi connectivity index (χ1n) is 6.11. The van der Waals surface area contributed by atoms with Crippen LogP contribution in [-0.4, -0.2) is 10.1 Å². The van der Waals surface area contributed by atoms with Crippen LogP contribution in [0.25, 0.3) is 0 Å². The van der Waals surface area contributed by atoms with Crippen LogP contribution >= 0.6 is 11.3 Å². The van der Waals surface area contributed by atoms with E-state index in [1.54, 1.807) is 11.3 Å². The van der Waals surface area contributed by atoms with Gasteiger partial charge >= 0.3 is 0 Å². The summed E-state index contributed by atoms with van der Waals surface area (Å²) in [6, 6.07) is 0. The number of aliphatic hydroxyl groups is 1. The maximum Gasteiger partial charge on any atom is 0.0983 e. The highest BCUT2D eigenvalue weighted by atomic mass is 32.1. The number of hydrogen-bond acceptors (Lipinski definition) is 3. The highest BCUT2D eigenvalue weighted by molar-refractivity contribution is 7.09. The summed E-state index contributed by atoms with van der Waals surface area (Å²) in [5.74, 6) is 0.885.